The molecule has 1 aliphatic heterocycles. The molecule has 0 aromatic carbocycles. The molecule has 0 radical (unpaired) electrons. The van der Waals surface area contributed by atoms with Gasteiger partial charge in [-0.05, 0) is 32.6 Å². The Morgan fingerprint density at radius 2 is 1.96 bits per heavy atom. The topological polar surface area (TPSA) is 79.6 Å². The number of hydrogen-bond acceptors (Lipinski definition) is 6. The van der Waals surface area contributed by atoms with Gasteiger partial charge in [-0.15, -0.1) is 5.10 Å². The standard InChI is InChI=1S/C17H23N5O2S/c1-11-10-14(23)22-16(18-11)25-17(20-22)21-8-6-12(7-9-21)15(24)19-13-4-2-3-5-13/h10,12-13H,2-9H2,1H3,(H,19,24). The van der Waals surface area contributed by atoms with Crippen molar-refractivity contribution in [2.75, 3.05) is 18.0 Å². The van der Waals surface area contributed by atoms with Crippen LogP contribution in [0.1, 0.15) is 44.2 Å². The summed E-state index contributed by atoms with van der Waals surface area (Å²) in [5, 5.41) is 8.44. The molecule has 4 rings (SSSR count). The number of fused-ring (bicyclic) bond motifs is 1. The third-order valence-corrected chi connectivity index (χ3v) is 6.17. The molecule has 1 saturated heterocycles. The van der Waals surface area contributed by atoms with E-state index in [1.165, 1.54) is 34.8 Å². The van der Waals surface area contributed by atoms with E-state index >= 15 is 0 Å². The molecule has 0 atom stereocenters. The van der Waals surface area contributed by atoms with Gasteiger partial charge in [-0.1, -0.05) is 24.2 Å². The number of piperidine rings is 1. The van der Waals surface area contributed by atoms with E-state index in [4.69, 9.17) is 0 Å². The summed E-state index contributed by atoms with van der Waals surface area (Å²) >= 11 is 1.43. The minimum absolute atomic E-state index is 0.0920. The van der Waals surface area contributed by atoms with Crippen LogP contribution < -0.4 is 15.8 Å². The first-order valence-corrected chi connectivity index (χ1v) is 9.84. The molecule has 2 fully saturated rings. The fraction of sp³-hybridized carbons (Fsp3) is 0.647. The minimum Gasteiger partial charge on any atom is -0.353 e. The number of carbonyl (C=O) groups is 1. The van der Waals surface area contributed by atoms with Gasteiger partial charge in [-0.2, -0.15) is 4.52 Å². The Bertz CT molecular complexity index is 831. The fourth-order valence-electron chi connectivity index (χ4n) is 3.76. The summed E-state index contributed by atoms with van der Waals surface area (Å²) in [4.78, 5) is 31.6. The number of carbonyl (C=O) groups excluding carboxylic acids is 1. The third kappa shape index (κ3) is 3.40. The average Bonchev–Trinajstić information content (AvgIpc) is 3.24. The lowest BCUT2D eigenvalue weighted by Gasteiger charge is -2.31. The highest BCUT2D eigenvalue weighted by Gasteiger charge is 2.28. The zero-order valence-corrected chi connectivity index (χ0v) is 15.2. The zero-order valence-electron chi connectivity index (χ0n) is 14.4. The van der Waals surface area contributed by atoms with Gasteiger partial charge in [0.25, 0.3) is 5.56 Å². The predicted molar refractivity (Wildman–Crippen MR) is 97.2 cm³/mol. The summed E-state index contributed by atoms with van der Waals surface area (Å²) in [6.07, 6.45) is 6.36. The molecular formula is C17H23N5O2S. The maximum absolute atomic E-state index is 12.4. The van der Waals surface area contributed by atoms with E-state index in [0.717, 1.165) is 43.9 Å². The second-order valence-corrected chi connectivity index (χ2v) is 8.00. The summed E-state index contributed by atoms with van der Waals surface area (Å²) in [5.41, 5.74) is 0.568. The monoisotopic (exact) mass is 361 g/mol. The van der Waals surface area contributed by atoms with Crippen molar-refractivity contribution in [3.8, 4) is 0 Å². The first-order chi connectivity index (χ1) is 12.1. The third-order valence-electron chi connectivity index (χ3n) is 5.20. The van der Waals surface area contributed by atoms with Gasteiger partial charge in [0.2, 0.25) is 16.0 Å². The van der Waals surface area contributed by atoms with Gasteiger partial charge in [-0.3, -0.25) is 9.59 Å². The van der Waals surface area contributed by atoms with Crippen molar-refractivity contribution in [1.82, 2.24) is 19.9 Å². The van der Waals surface area contributed by atoms with Crippen LogP contribution in [0.4, 0.5) is 5.13 Å². The molecule has 3 heterocycles. The lowest BCUT2D eigenvalue weighted by molar-refractivity contribution is -0.126. The normalized spacial score (nSPS) is 19.6. The van der Waals surface area contributed by atoms with Crippen LogP contribution in [0.2, 0.25) is 0 Å². The lowest BCUT2D eigenvalue weighted by atomic mass is 9.96. The van der Waals surface area contributed by atoms with E-state index in [1.54, 1.807) is 0 Å². The maximum atomic E-state index is 12.4. The fourth-order valence-corrected chi connectivity index (χ4v) is 4.76. The quantitative estimate of drug-likeness (QED) is 0.901. The summed E-state index contributed by atoms with van der Waals surface area (Å²) < 4.78 is 1.37. The van der Waals surface area contributed by atoms with Crippen LogP contribution in [-0.2, 0) is 4.79 Å². The molecule has 1 aliphatic carbocycles. The van der Waals surface area contributed by atoms with Crippen molar-refractivity contribution in [2.45, 2.75) is 51.5 Å². The Hall–Kier alpha value is -1.96. The molecule has 25 heavy (non-hydrogen) atoms. The largest absolute Gasteiger partial charge is 0.353 e. The van der Waals surface area contributed by atoms with Crippen molar-refractivity contribution in [1.29, 1.82) is 0 Å². The zero-order chi connectivity index (χ0) is 17.4. The number of nitrogens with one attached hydrogen (secondary N) is 1. The molecule has 2 aliphatic rings. The van der Waals surface area contributed by atoms with Crippen LogP contribution in [-0.4, -0.2) is 39.6 Å². The Balaban J connectivity index is 1.40. The van der Waals surface area contributed by atoms with Gasteiger partial charge in [-0.25, -0.2) is 4.98 Å². The van der Waals surface area contributed by atoms with Gasteiger partial charge >= 0.3 is 0 Å². The molecule has 1 saturated carbocycles. The predicted octanol–water partition coefficient (Wildman–Crippen LogP) is 1.73. The SMILES string of the molecule is Cc1cc(=O)n2nc(N3CCC(C(=O)NC4CCCC4)CC3)sc2n1. The number of hydrogen-bond donors (Lipinski definition) is 1. The van der Waals surface area contributed by atoms with Crippen molar-refractivity contribution in [3.63, 3.8) is 0 Å². The molecule has 7 nitrogen and oxygen atoms in total. The van der Waals surface area contributed by atoms with E-state index in [-0.39, 0.29) is 17.4 Å². The van der Waals surface area contributed by atoms with E-state index in [9.17, 15) is 9.59 Å². The van der Waals surface area contributed by atoms with Crippen LogP contribution in [0, 0.1) is 12.8 Å². The van der Waals surface area contributed by atoms with E-state index in [1.807, 2.05) is 6.92 Å². The number of amides is 1. The molecule has 1 amide bonds. The van der Waals surface area contributed by atoms with Gasteiger partial charge in [0, 0.05) is 36.8 Å². The van der Waals surface area contributed by atoms with Crippen molar-refractivity contribution in [2.24, 2.45) is 5.92 Å². The number of aromatic nitrogens is 3. The second-order valence-electron chi connectivity index (χ2n) is 7.07. The Morgan fingerprint density at radius 1 is 1.24 bits per heavy atom. The van der Waals surface area contributed by atoms with Crippen LogP contribution in [0.5, 0.6) is 0 Å². The molecule has 8 heteroatoms. The molecule has 2 aromatic rings. The summed E-state index contributed by atoms with van der Waals surface area (Å²) in [5.74, 6) is 0.304. The van der Waals surface area contributed by atoms with Gasteiger partial charge in [0.05, 0.1) is 0 Å². The van der Waals surface area contributed by atoms with E-state index in [0.29, 0.717) is 16.7 Å². The van der Waals surface area contributed by atoms with Crippen LogP contribution in [0.15, 0.2) is 10.9 Å². The summed E-state index contributed by atoms with van der Waals surface area (Å²) in [6, 6.07) is 1.88. The molecule has 0 bridgehead atoms. The Kier molecular flexibility index (Phi) is 4.45. The van der Waals surface area contributed by atoms with Crippen LogP contribution in [0.3, 0.4) is 0 Å². The number of aryl methyl sites for hydroxylation is 1. The molecule has 1 N–H and O–H groups in total. The van der Waals surface area contributed by atoms with Gasteiger partial charge < -0.3 is 10.2 Å². The van der Waals surface area contributed by atoms with Crippen LogP contribution >= 0.6 is 11.3 Å². The Morgan fingerprint density at radius 3 is 2.68 bits per heavy atom. The highest BCUT2D eigenvalue weighted by Crippen LogP contribution is 2.27. The van der Waals surface area contributed by atoms with Gasteiger partial charge in [0.15, 0.2) is 0 Å². The first-order valence-electron chi connectivity index (χ1n) is 9.03. The van der Waals surface area contributed by atoms with E-state index in [2.05, 4.69) is 20.3 Å². The summed E-state index contributed by atoms with van der Waals surface area (Å²) in [6.45, 7) is 3.39. The lowest BCUT2D eigenvalue weighted by Crippen LogP contribution is -2.43. The molecule has 2 aromatic heterocycles. The van der Waals surface area contributed by atoms with Crippen molar-refractivity contribution < 1.29 is 4.79 Å². The molecule has 0 spiro atoms. The van der Waals surface area contributed by atoms with E-state index < -0.39 is 0 Å². The van der Waals surface area contributed by atoms with Crippen molar-refractivity contribution in [3.05, 3.63) is 22.1 Å². The molecular weight excluding hydrogens is 338 g/mol. The molecule has 0 unspecified atom stereocenters. The number of nitrogens with zero attached hydrogens (tertiary/aromatic N) is 4. The molecule has 134 valence electrons. The first kappa shape index (κ1) is 16.5. The van der Waals surface area contributed by atoms with Gasteiger partial charge in [0.1, 0.15) is 0 Å². The number of anilines is 1. The minimum atomic E-state index is -0.143. The second kappa shape index (κ2) is 6.74. The highest BCUT2D eigenvalue weighted by atomic mass is 32.1. The highest BCUT2D eigenvalue weighted by molar-refractivity contribution is 7.20. The number of rotatable bonds is 3. The Labute approximate surface area is 150 Å². The summed E-state index contributed by atoms with van der Waals surface area (Å²) in [7, 11) is 0. The van der Waals surface area contributed by atoms with Crippen molar-refractivity contribution >= 4 is 27.3 Å². The smallest absolute Gasteiger partial charge is 0.275 e. The van der Waals surface area contributed by atoms with Crippen LogP contribution in [0.25, 0.3) is 4.96 Å². The average molecular weight is 361 g/mol. The maximum Gasteiger partial charge on any atom is 0.275 e.